The van der Waals surface area contributed by atoms with Crippen LogP contribution < -0.4 is 20.1 Å². The highest BCUT2D eigenvalue weighted by Gasteiger charge is 2.34. The Morgan fingerprint density at radius 3 is 2.67 bits per heavy atom. The summed E-state index contributed by atoms with van der Waals surface area (Å²) < 4.78 is 12.0. The summed E-state index contributed by atoms with van der Waals surface area (Å²) in [5.41, 5.74) is 0.889. The Balaban J connectivity index is 1.58. The Morgan fingerprint density at radius 2 is 2.03 bits per heavy atom. The van der Waals surface area contributed by atoms with Crippen molar-refractivity contribution in [2.24, 2.45) is 0 Å². The molecule has 1 aromatic carbocycles. The molecule has 0 atom stereocenters. The van der Waals surface area contributed by atoms with Gasteiger partial charge in [-0.1, -0.05) is 0 Å². The Hall–Kier alpha value is -3.95. The third kappa shape index (κ3) is 4.94. The van der Waals surface area contributed by atoms with Crippen molar-refractivity contribution < 1.29 is 19.1 Å². The zero-order valence-electron chi connectivity index (χ0n) is 18.8. The largest absolute Gasteiger partial charge is 0.487 e. The monoisotopic (exact) mass is 450 g/mol. The number of hydrogen-bond acceptors (Lipinski definition) is 8. The summed E-state index contributed by atoms with van der Waals surface area (Å²) in [4.78, 5) is 35.1. The van der Waals surface area contributed by atoms with Gasteiger partial charge < -0.3 is 25.0 Å². The predicted molar refractivity (Wildman–Crippen MR) is 121 cm³/mol. The van der Waals surface area contributed by atoms with E-state index in [0.29, 0.717) is 17.9 Å². The van der Waals surface area contributed by atoms with Crippen LogP contribution in [0, 0.1) is 5.41 Å². The quantitative estimate of drug-likeness (QED) is 0.455. The normalized spacial score (nSPS) is 15.9. The lowest BCUT2D eigenvalue weighted by molar-refractivity contribution is 0.0645. The maximum Gasteiger partial charge on any atom is 0.274 e. The Bertz CT molecular complexity index is 1120. The minimum Gasteiger partial charge on any atom is -0.487 e. The van der Waals surface area contributed by atoms with Crippen LogP contribution in [0.1, 0.15) is 46.7 Å². The van der Waals surface area contributed by atoms with Crippen LogP contribution in [-0.4, -0.2) is 58.3 Å². The molecule has 2 aliphatic rings. The Labute approximate surface area is 191 Å². The van der Waals surface area contributed by atoms with Gasteiger partial charge in [0.25, 0.3) is 11.8 Å². The summed E-state index contributed by atoms with van der Waals surface area (Å²) in [6, 6.07) is 3.23. The highest BCUT2D eigenvalue weighted by Crippen LogP contribution is 2.42. The molecule has 172 valence electrons. The number of nitrogens with zero attached hydrogens (tertiary/aromatic N) is 3. The first-order valence-electron chi connectivity index (χ1n) is 10.6. The number of hydrogen-bond donors (Lipinski definition) is 3. The van der Waals surface area contributed by atoms with E-state index in [0.717, 1.165) is 25.1 Å². The van der Waals surface area contributed by atoms with Gasteiger partial charge in [-0.05, 0) is 44.7 Å². The van der Waals surface area contributed by atoms with E-state index in [1.807, 2.05) is 13.8 Å². The highest BCUT2D eigenvalue weighted by molar-refractivity contribution is 6.09. The van der Waals surface area contributed by atoms with Crippen LogP contribution in [0.2, 0.25) is 0 Å². The van der Waals surface area contributed by atoms with Crippen LogP contribution in [-0.2, 0) is 6.42 Å². The fourth-order valence-electron chi connectivity index (χ4n) is 3.54. The molecule has 2 aromatic rings. The van der Waals surface area contributed by atoms with Gasteiger partial charge in [-0.2, -0.15) is 0 Å². The molecule has 0 aliphatic carbocycles. The number of aromatic nitrogens is 2. The number of amides is 2. The first kappa shape index (κ1) is 22.3. The van der Waals surface area contributed by atoms with Crippen molar-refractivity contribution >= 4 is 17.6 Å². The van der Waals surface area contributed by atoms with E-state index in [1.54, 1.807) is 30.3 Å². The van der Waals surface area contributed by atoms with Crippen molar-refractivity contribution in [3.8, 4) is 17.4 Å². The van der Waals surface area contributed by atoms with Crippen molar-refractivity contribution in [1.82, 2.24) is 25.5 Å². The van der Waals surface area contributed by atoms with E-state index in [9.17, 15) is 9.59 Å². The van der Waals surface area contributed by atoms with Gasteiger partial charge in [0.1, 0.15) is 28.6 Å². The molecule has 2 aliphatic heterocycles. The van der Waals surface area contributed by atoms with Crippen molar-refractivity contribution in [1.29, 1.82) is 5.41 Å². The van der Waals surface area contributed by atoms with Gasteiger partial charge in [0.05, 0.1) is 12.4 Å². The molecule has 10 nitrogen and oxygen atoms in total. The summed E-state index contributed by atoms with van der Waals surface area (Å²) in [6.45, 7) is 5.37. The lowest BCUT2D eigenvalue weighted by Gasteiger charge is -2.30. The molecular weight excluding hydrogens is 424 g/mol. The number of rotatable bonds is 6. The van der Waals surface area contributed by atoms with Gasteiger partial charge >= 0.3 is 0 Å². The molecule has 3 N–H and O–H groups in total. The van der Waals surface area contributed by atoms with Crippen LogP contribution in [0.5, 0.6) is 17.4 Å². The van der Waals surface area contributed by atoms with E-state index < -0.39 is 11.5 Å². The maximum absolute atomic E-state index is 12.7. The third-order valence-electron chi connectivity index (χ3n) is 5.29. The number of ether oxygens (including phenoxy) is 2. The smallest absolute Gasteiger partial charge is 0.274 e. The second-order valence-electron chi connectivity index (χ2n) is 8.47. The standard InChI is InChI=1S/C23H26N6O4/c1-23(2)11-15-17(32-20-13-26-16(12-27-20)22(31)29-7-4-8-29)9-14(10-18(15)33-23)21(30)28-19(24)5-6-25-3/h5-6,9-10,12-13,25H,4,7-8,11H2,1-3H3,(H2,24,28,30)/b6-5-. The third-order valence-corrected chi connectivity index (χ3v) is 5.29. The van der Waals surface area contributed by atoms with Crippen molar-refractivity contribution in [3.05, 3.63) is 53.6 Å². The average molecular weight is 450 g/mol. The van der Waals surface area contributed by atoms with Gasteiger partial charge in [-0.25, -0.2) is 9.97 Å². The molecule has 10 heteroatoms. The van der Waals surface area contributed by atoms with Gasteiger partial charge in [-0.15, -0.1) is 0 Å². The van der Waals surface area contributed by atoms with Gasteiger partial charge in [0.2, 0.25) is 5.88 Å². The average Bonchev–Trinajstić information content (AvgIpc) is 3.05. The summed E-state index contributed by atoms with van der Waals surface area (Å²) >= 11 is 0. The van der Waals surface area contributed by atoms with Crippen LogP contribution >= 0.6 is 0 Å². The molecule has 0 saturated carbocycles. The molecule has 33 heavy (non-hydrogen) atoms. The molecular formula is C23H26N6O4. The molecule has 1 saturated heterocycles. The molecule has 0 unspecified atom stereocenters. The zero-order valence-corrected chi connectivity index (χ0v) is 18.8. The fourth-order valence-corrected chi connectivity index (χ4v) is 3.54. The minimum atomic E-state index is -0.469. The number of benzene rings is 1. The minimum absolute atomic E-state index is 0.0631. The van der Waals surface area contributed by atoms with E-state index in [2.05, 4.69) is 20.6 Å². The first-order chi connectivity index (χ1) is 15.8. The number of fused-ring (bicyclic) bond motifs is 1. The topological polar surface area (TPSA) is 130 Å². The molecule has 1 aromatic heterocycles. The molecule has 3 heterocycles. The number of nitrogens with one attached hydrogen (secondary N) is 3. The van der Waals surface area contributed by atoms with E-state index in [1.165, 1.54) is 18.5 Å². The van der Waals surface area contributed by atoms with Crippen molar-refractivity contribution in [2.75, 3.05) is 20.1 Å². The molecule has 0 bridgehead atoms. The summed E-state index contributed by atoms with van der Waals surface area (Å²) in [5.74, 6) is 0.471. The van der Waals surface area contributed by atoms with Crippen LogP contribution in [0.4, 0.5) is 0 Å². The lowest BCUT2D eigenvalue weighted by atomic mass is 9.99. The second kappa shape index (κ2) is 8.89. The number of carbonyl (C=O) groups excluding carboxylic acids is 2. The van der Waals surface area contributed by atoms with Crippen molar-refractivity contribution in [3.63, 3.8) is 0 Å². The highest BCUT2D eigenvalue weighted by atomic mass is 16.5. The summed E-state index contributed by atoms with van der Waals surface area (Å²) in [7, 11) is 1.70. The molecule has 4 rings (SSSR count). The van der Waals surface area contributed by atoms with Gasteiger partial charge in [0.15, 0.2) is 0 Å². The molecule has 0 radical (unpaired) electrons. The van der Waals surface area contributed by atoms with E-state index in [4.69, 9.17) is 14.9 Å². The second-order valence-corrected chi connectivity index (χ2v) is 8.47. The number of amidine groups is 1. The Morgan fingerprint density at radius 1 is 1.24 bits per heavy atom. The lowest BCUT2D eigenvalue weighted by Crippen LogP contribution is -2.42. The first-order valence-corrected chi connectivity index (χ1v) is 10.6. The SMILES string of the molecule is CN/C=C\C(=N)NC(=O)c1cc(Oc2cnc(C(=O)N3CCC3)cn2)c2c(c1)OC(C)(C)C2. The molecule has 2 amide bonds. The fraction of sp³-hybridized carbons (Fsp3) is 0.348. The molecule has 0 spiro atoms. The molecule has 1 fully saturated rings. The number of likely N-dealkylation sites (tertiary alicyclic amines) is 1. The Kier molecular flexibility index (Phi) is 5.99. The van der Waals surface area contributed by atoms with Crippen LogP contribution in [0.3, 0.4) is 0 Å². The van der Waals surface area contributed by atoms with Gasteiger partial charge in [-0.3, -0.25) is 15.0 Å². The van der Waals surface area contributed by atoms with Crippen molar-refractivity contribution in [2.45, 2.75) is 32.3 Å². The van der Waals surface area contributed by atoms with Gasteiger partial charge in [0, 0.05) is 37.7 Å². The van der Waals surface area contributed by atoms with E-state index >= 15 is 0 Å². The zero-order chi connectivity index (χ0) is 23.6. The van der Waals surface area contributed by atoms with Crippen LogP contribution in [0.25, 0.3) is 0 Å². The van der Waals surface area contributed by atoms with Crippen LogP contribution in [0.15, 0.2) is 36.8 Å². The van der Waals surface area contributed by atoms with E-state index in [-0.39, 0.29) is 28.9 Å². The summed E-state index contributed by atoms with van der Waals surface area (Å²) in [6.07, 6.45) is 7.34. The summed E-state index contributed by atoms with van der Waals surface area (Å²) in [5, 5.41) is 13.1. The maximum atomic E-state index is 12.7. The number of carbonyl (C=O) groups is 2. The predicted octanol–water partition coefficient (Wildman–Crippen LogP) is 2.27.